The zero-order valence-electron chi connectivity index (χ0n) is 14.7. The van der Waals surface area contributed by atoms with Gasteiger partial charge in [-0.3, -0.25) is 9.69 Å². The van der Waals surface area contributed by atoms with Crippen LogP contribution in [0.1, 0.15) is 17.5 Å². The van der Waals surface area contributed by atoms with E-state index in [4.69, 9.17) is 11.6 Å². The molecule has 2 aromatic carbocycles. The van der Waals surface area contributed by atoms with Crippen LogP contribution in [0.15, 0.2) is 48.5 Å². The quantitative estimate of drug-likeness (QED) is 0.815. The Morgan fingerprint density at radius 2 is 2.00 bits per heavy atom. The molecule has 1 fully saturated rings. The fourth-order valence-electron chi connectivity index (χ4n) is 3.40. The third kappa shape index (κ3) is 4.81. The molecule has 1 amide bonds. The molecule has 6 heteroatoms. The molecule has 0 spiro atoms. The SMILES string of the molecule is CNC(=O)[C@@H]1C[C@H](NCc2ccc(F)cc2)CN1Cc1cccc(Cl)c1. The van der Waals surface area contributed by atoms with Gasteiger partial charge >= 0.3 is 0 Å². The Labute approximate surface area is 158 Å². The van der Waals surface area contributed by atoms with Crippen molar-refractivity contribution in [2.45, 2.75) is 31.6 Å². The molecule has 2 N–H and O–H groups in total. The van der Waals surface area contributed by atoms with Crippen molar-refractivity contribution in [3.8, 4) is 0 Å². The summed E-state index contributed by atoms with van der Waals surface area (Å²) in [6.07, 6.45) is 0.738. The molecule has 1 saturated heterocycles. The average Bonchev–Trinajstić information content (AvgIpc) is 3.03. The number of rotatable bonds is 6. The Morgan fingerprint density at radius 3 is 2.69 bits per heavy atom. The number of halogens is 2. The van der Waals surface area contributed by atoms with Crippen LogP contribution in [0.3, 0.4) is 0 Å². The van der Waals surface area contributed by atoms with Gasteiger partial charge in [0.2, 0.25) is 5.91 Å². The molecule has 0 aromatic heterocycles. The van der Waals surface area contributed by atoms with E-state index in [-0.39, 0.29) is 23.8 Å². The van der Waals surface area contributed by atoms with Crippen molar-refractivity contribution < 1.29 is 9.18 Å². The number of carbonyl (C=O) groups is 1. The van der Waals surface area contributed by atoms with Crippen molar-refractivity contribution in [2.75, 3.05) is 13.6 Å². The zero-order chi connectivity index (χ0) is 18.5. The average molecular weight is 376 g/mol. The van der Waals surface area contributed by atoms with Gasteiger partial charge in [-0.05, 0) is 41.8 Å². The van der Waals surface area contributed by atoms with Crippen molar-refractivity contribution in [1.29, 1.82) is 0 Å². The lowest BCUT2D eigenvalue weighted by molar-refractivity contribution is -0.125. The van der Waals surface area contributed by atoms with Crippen LogP contribution >= 0.6 is 11.6 Å². The van der Waals surface area contributed by atoms with E-state index >= 15 is 0 Å². The largest absolute Gasteiger partial charge is 0.358 e. The summed E-state index contributed by atoms with van der Waals surface area (Å²) < 4.78 is 13.0. The molecule has 138 valence electrons. The summed E-state index contributed by atoms with van der Waals surface area (Å²) in [6.45, 7) is 2.09. The minimum absolute atomic E-state index is 0.0260. The number of carbonyl (C=O) groups excluding carboxylic acids is 1. The van der Waals surface area contributed by atoms with Gasteiger partial charge in [0.15, 0.2) is 0 Å². The summed E-state index contributed by atoms with van der Waals surface area (Å²) in [5.74, 6) is -0.208. The van der Waals surface area contributed by atoms with Gasteiger partial charge in [-0.2, -0.15) is 0 Å². The lowest BCUT2D eigenvalue weighted by Crippen LogP contribution is -2.41. The van der Waals surface area contributed by atoms with Crippen LogP contribution < -0.4 is 10.6 Å². The lowest BCUT2D eigenvalue weighted by atomic mass is 10.1. The Hall–Kier alpha value is -1.95. The number of hydrogen-bond donors (Lipinski definition) is 2. The van der Waals surface area contributed by atoms with Crippen LogP contribution in [0, 0.1) is 5.82 Å². The molecule has 2 atom stereocenters. The number of nitrogens with zero attached hydrogens (tertiary/aromatic N) is 1. The maximum Gasteiger partial charge on any atom is 0.237 e. The fraction of sp³-hybridized carbons (Fsp3) is 0.350. The predicted molar refractivity (Wildman–Crippen MR) is 101 cm³/mol. The van der Waals surface area contributed by atoms with E-state index in [9.17, 15) is 9.18 Å². The molecule has 1 aliphatic heterocycles. The number of hydrogen-bond acceptors (Lipinski definition) is 3. The van der Waals surface area contributed by atoms with Crippen molar-refractivity contribution in [3.05, 3.63) is 70.5 Å². The molecule has 0 saturated carbocycles. The normalized spacial score (nSPS) is 20.3. The third-order valence-corrected chi connectivity index (χ3v) is 4.97. The van der Waals surface area contributed by atoms with E-state index in [0.717, 1.165) is 24.1 Å². The van der Waals surface area contributed by atoms with Crippen LogP contribution in [0.4, 0.5) is 4.39 Å². The first-order valence-corrected chi connectivity index (χ1v) is 9.11. The maximum absolute atomic E-state index is 13.0. The summed E-state index contributed by atoms with van der Waals surface area (Å²) >= 11 is 6.08. The number of likely N-dealkylation sites (tertiary alicyclic amines) is 1. The van der Waals surface area contributed by atoms with Crippen LogP contribution in [-0.2, 0) is 17.9 Å². The van der Waals surface area contributed by atoms with Crippen LogP contribution in [-0.4, -0.2) is 36.5 Å². The fourth-order valence-corrected chi connectivity index (χ4v) is 3.61. The highest BCUT2D eigenvalue weighted by atomic mass is 35.5. The highest BCUT2D eigenvalue weighted by Crippen LogP contribution is 2.22. The second kappa shape index (κ2) is 8.62. The van der Waals surface area contributed by atoms with E-state index in [1.807, 2.05) is 24.3 Å². The van der Waals surface area contributed by atoms with Gasteiger partial charge in [-0.15, -0.1) is 0 Å². The van der Waals surface area contributed by atoms with Gasteiger partial charge in [0, 0.05) is 37.7 Å². The van der Waals surface area contributed by atoms with Gasteiger partial charge < -0.3 is 10.6 Å². The maximum atomic E-state index is 13.0. The molecule has 2 aromatic rings. The molecule has 3 rings (SSSR count). The molecule has 0 bridgehead atoms. The van der Waals surface area contributed by atoms with E-state index in [1.54, 1.807) is 19.2 Å². The molecule has 0 radical (unpaired) electrons. The molecule has 0 unspecified atom stereocenters. The van der Waals surface area contributed by atoms with Crippen molar-refractivity contribution in [3.63, 3.8) is 0 Å². The first-order valence-electron chi connectivity index (χ1n) is 8.73. The van der Waals surface area contributed by atoms with E-state index in [1.165, 1.54) is 12.1 Å². The number of nitrogens with one attached hydrogen (secondary N) is 2. The van der Waals surface area contributed by atoms with Gasteiger partial charge in [-0.1, -0.05) is 35.9 Å². The topological polar surface area (TPSA) is 44.4 Å². The summed E-state index contributed by atoms with van der Waals surface area (Å²) in [6, 6.07) is 14.2. The molecule has 4 nitrogen and oxygen atoms in total. The van der Waals surface area contributed by atoms with Gasteiger partial charge in [-0.25, -0.2) is 4.39 Å². The predicted octanol–water partition coefficient (Wildman–Crippen LogP) is 2.96. The summed E-state index contributed by atoms with van der Waals surface area (Å²) in [5.41, 5.74) is 2.11. The standard InChI is InChI=1S/C20H23ClFN3O/c1-23-20(26)19-10-18(24-11-14-5-7-17(22)8-6-14)13-25(19)12-15-3-2-4-16(21)9-15/h2-9,18-19,24H,10-13H2,1H3,(H,23,26)/t18-,19-/m0/s1. The first-order chi connectivity index (χ1) is 12.5. The second-order valence-electron chi connectivity index (χ2n) is 6.63. The van der Waals surface area contributed by atoms with Crippen LogP contribution in [0.2, 0.25) is 5.02 Å². The molecule has 1 aliphatic rings. The smallest absolute Gasteiger partial charge is 0.237 e. The molecule has 26 heavy (non-hydrogen) atoms. The molecular weight excluding hydrogens is 353 g/mol. The molecular formula is C20H23ClFN3O. The summed E-state index contributed by atoms with van der Waals surface area (Å²) in [5, 5.41) is 6.94. The van der Waals surface area contributed by atoms with E-state index in [0.29, 0.717) is 18.1 Å². The highest BCUT2D eigenvalue weighted by molar-refractivity contribution is 6.30. The minimum atomic E-state index is -0.234. The lowest BCUT2D eigenvalue weighted by Gasteiger charge is -2.23. The first kappa shape index (κ1) is 18.8. The monoisotopic (exact) mass is 375 g/mol. The van der Waals surface area contributed by atoms with E-state index < -0.39 is 0 Å². The summed E-state index contributed by atoms with van der Waals surface area (Å²) in [7, 11) is 1.67. The molecule has 0 aliphatic carbocycles. The van der Waals surface area contributed by atoms with Crippen molar-refractivity contribution in [2.24, 2.45) is 0 Å². The Kier molecular flexibility index (Phi) is 6.25. The minimum Gasteiger partial charge on any atom is -0.358 e. The number of likely N-dealkylation sites (N-methyl/N-ethyl adjacent to an activating group) is 1. The Bertz CT molecular complexity index is 753. The molecule has 1 heterocycles. The van der Waals surface area contributed by atoms with Gasteiger partial charge in [0.25, 0.3) is 0 Å². The van der Waals surface area contributed by atoms with Crippen molar-refractivity contribution in [1.82, 2.24) is 15.5 Å². The number of benzene rings is 2. The van der Waals surface area contributed by atoms with E-state index in [2.05, 4.69) is 15.5 Å². The van der Waals surface area contributed by atoms with Crippen molar-refractivity contribution >= 4 is 17.5 Å². The van der Waals surface area contributed by atoms with Gasteiger partial charge in [0.1, 0.15) is 5.82 Å². The zero-order valence-corrected chi connectivity index (χ0v) is 15.5. The third-order valence-electron chi connectivity index (χ3n) is 4.74. The Balaban J connectivity index is 1.64. The highest BCUT2D eigenvalue weighted by Gasteiger charge is 2.36. The van der Waals surface area contributed by atoms with Gasteiger partial charge in [0.05, 0.1) is 6.04 Å². The Morgan fingerprint density at radius 1 is 1.23 bits per heavy atom. The van der Waals surface area contributed by atoms with Crippen LogP contribution in [0.5, 0.6) is 0 Å². The van der Waals surface area contributed by atoms with Crippen LogP contribution in [0.25, 0.3) is 0 Å². The second-order valence-corrected chi connectivity index (χ2v) is 7.07. The summed E-state index contributed by atoms with van der Waals surface area (Å²) in [4.78, 5) is 14.5. The number of amides is 1.